The number of aromatic hydroxyl groups is 1. The third-order valence-electron chi connectivity index (χ3n) is 5.36. The normalized spacial score (nSPS) is 11.8. The second kappa shape index (κ2) is 9.46. The maximum absolute atomic E-state index is 13.3. The van der Waals surface area contributed by atoms with Crippen LogP contribution < -0.4 is 16.1 Å². The van der Waals surface area contributed by atoms with Crippen molar-refractivity contribution in [2.75, 3.05) is 0 Å². The summed E-state index contributed by atoms with van der Waals surface area (Å²) >= 11 is 0. The van der Waals surface area contributed by atoms with Crippen LogP contribution in [0.2, 0.25) is 0 Å². The van der Waals surface area contributed by atoms with Crippen LogP contribution in [0.15, 0.2) is 77.6 Å². The summed E-state index contributed by atoms with van der Waals surface area (Å²) in [5, 5.41) is 25.5. The van der Waals surface area contributed by atoms with Gasteiger partial charge in [0.25, 0.3) is 11.2 Å². The quantitative estimate of drug-likeness (QED) is 0.271. The summed E-state index contributed by atoms with van der Waals surface area (Å²) in [7, 11) is 0. The van der Waals surface area contributed by atoms with Crippen LogP contribution in [-0.2, 0) is 0 Å². The Labute approximate surface area is 195 Å². The van der Waals surface area contributed by atoms with Gasteiger partial charge in [-0.1, -0.05) is 54.1 Å². The van der Waals surface area contributed by atoms with Crippen molar-refractivity contribution in [3.05, 3.63) is 121 Å². The fourth-order valence-electron chi connectivity index (χ4n) is 3.57. The monoisotopic (exact) mass is 453 g/mol. The first kappa shape index (κ1) is 22.5. The lowest BCUT2D eigenvalue weighted by molar-refractivity contribution is -0.384. The molecule has 2 N–H and O–H groups in total. The fourth-order valence-corrected chi connectivity index (χ4v) is 3.57. The molecule has 0 saturated carbocycles. The van der Waals surface area contributed by atoms with Crippen molar-refractivity contribution in [1.82, 2.24) is 9.78 Å². The molecule has 0 saturated heterocycles. The smallest absolute Gasteiger partial charge is 0.279 e. The number of benzene rings is 3. The van der Waals surface area contributed by atoms with E-state index in [-0.39, 0.29) is 17.0 Å². The van der Waals surface area contributed by atoms with Crippen molar-refractivity contribution in [3.63, 3.8) is 0 Å². The molecule has 0 unspecified atom stereocenters. The Morgan fingerprint density at radius 2 is 1.65 bits per heavy atom. The van der Waals surface area contributed by atoms with E-state index in [1.165, 1.54) is 28.9 Å². The summed E-state index contributed by atoms with van der Waals surface area (Å²) in [5.74, 6) is 0.0547. The zero-order valence-corrected chi connectivity index (χ0v) is 18.7. The number of phenols is 1. The third kappa shape index (κ3) is 4.73. The molecule has 0 spiro atoms. The average Bonchev–Trinajstić information content (AvgIpc) is 3.16. The number of H-pyrrole nitrogens is 1. The summed E-state index contributed by atoms with van der Waals surface area (Å²) in [4.78, 5) is 23.7. The van der Waals surface area contributed by atoms with Crippen LogP contribution in [0.3, 0.4) is 0 Å². The van der Waals surface area contributed by atoms with Crippen LogP contribution in [0, 0.1) is 10.1 Å². The predicted molar refractivity (Wildman–Crippen MR) is 134 cm³/mol. The summed E-state index contributed by atoms with van der Waals surface area (Å²) in [6, 6.07) is 20.8. The number of non-ortho nitro benzene ring substituents is 1. The molecular formula is C27H23N3O4. The molecule has 4 aromatic rings. The highest BCUT2D eigenvalue weighted by atomic mass is 16.6. The molecule has 7 heteroatoms. The van der Waals surface area contributed by atoms with E-state index in [9.17, 15) is 20.0 Å². The number of nitrogens with zero attached hydrogens (tertiary/aromatic N) is 2. The van der Waals surface area contributed by atoms with Gasteiger partial charge < -0.3 is 5.11 Å². The van der Waals surface area contributed by atoms with E-state index in [1.807, 2.05) is 62.4 Å². The van der Waals surface area contributed by atoms with Gasteiger partial charge in [-0.3, -0.25) is 20.0 Å². The Kier molecular flexibility index (Phi) is 6.27. The van der Waals surface area contributed by atoms with Gasteiger partial charge in [0.2, 0.25) is 0 Å². The summed E-state index contributed by atoms with van der Waals surface area (Å²) in [5.41, 5.74) is 3.40. The van der Waals surface area contributed by atoms with Crippen molar-refractivity contribution in [2.45, 2.75) is 13.8 Å². The van der Waals surface area contributed by atoms with E-state index in [0.717, 1.165) is 16.7 Å². The number of aromatic amines is 1. The molecule has 4 rings (SSSR count). The van der Waals surface area contributed by atoms with Crippen LogP contribution in [-0.4, -0.2) is 19.8 Å². The van der Waals surface area contributed by atoms with Crippen LogP contribution in [0.1, 0.15) is 30.5 Å². The van der Waals surface area contributed by atoms with Crippen molar-refractivity contribution >= 4 is 29.5 Å². The van der Waals surface area contributed by atoms with Crippen molar-refractivity contribution < 1.29 is 10.0 Å². The lowest BCUT2D eigenvalue weighted by atomic mass is 10.1. The van der Waals surface area contributed by atoms with E-state index in [2.05, 4.69) is 5.10 Å². The Bertz CT molecular complexity index is 1560. The van der Waals surface area contributed by atoms with Gasteiger partial charge in [-0.25, -0.2) is 4.68 Å². The molecule has 170 valence electrons. The second-order valence-electron chi connectivity index (χ2n) is 8.02. The van der Waals surface area contributed by atoms with Crippen LogP contribution in [0.25, 0.3) is 29.5 Å². The Hall–Kier alpha value is -4.65. The highest BCUT2D eigenvalue weighted by Gasteiger charge is 2.10. The van der Waals surface area contributed by atoms with Crippen molar-refractivity contribution in [1.29, 1.82) is 0 Å². The number of phenolic OH excluding ortho intramolecular Hbond substituents is 1. The summed E-state index contributed by atoms with van der Waals surface area (Å²) in [6.45, 7) is 3.75. The molecule has 0 radical (unpaired) electrons. The number of nitrogens with one attached hydrogen (secondary N) is 1. The number of nitro benzene ring substituents is 1. The largest absolute Gasteiger partial charge is 0.507 e. The summed E-state index contributed by atoms with van der Waals surface area (Å²) < 4.78 is 1.34. The van der Waals surface area contributed by atoms with Gasteiger partial charge in [-0.15, -0.1) is 0 Å². The molecule has 1 aromatic heterocycles. The molecule has 34 heavy (non-hydrogen) atoms. The first-order valence-corrected chi connectivity index (χ1v) is 10.6. The molecular weight excluding hydrogens is 430 g/mol. The molecule has 0 atom stereocenters. The van der Waals surface area contributed by atoms with E-state index < -0.39 is 4.92 Å². The highest BCUT2D eigenvalue weighted by Crippen LogP contribution is 2.20. The predicted octanol–water partition coefficient (Wildman–Crippen LogP) is 3.97. The lowest BCUT2D eigenvalue weighted by Crippen LogP contribution is -2.35. The number of aromatic nitrogens is 2. The molecule has 0 bridgehead atoms. The van der Waals surface area contributed by atoms with Gasteiger partial charge in [0, 0.05) is 17.7 Å². The third-order valence-corrected chi connectivity index (χ3v) is 5.36. The van der Waals surface area contributed by atoms with Crippen LogP contribution >= 0.6 is 0 Å². The molecule has 0 aliphatic carbocycles. The molecule has 0 amide bonds. The highest BCUT2D eigenvalue weighted by molar-refractivity contribution is 5.72. The zero-order chi connectivity index (χ0) is 24.2. The number of hydrogen-bond donors (Lipinski definition) is 2. The van der Waals surface area contributed by atoms with Gasteiger partial charge in [0.05, 0.1) is 21.2 Å². The number of hydrogen-bond acceptors (Lipinski definition) is 4. The minimum Gasteiger partial charge on any atom is -0.507 e. The molecule has 3 aromatic carbocycles. The van der Waals surface area contributed by atoms with Crippen molar-refractivity contribution in [3.8, 4) is 11.4 Å². The maximum Gasteiger partial charge on any atom is 0.279 e. The fraction of sp³-hybridized carbons (Fsp3) is 0.0741. The Balaban J connectivity index is 1.82. The molecule has 7 nitrogen and oxygen atoms in total. The first-order chi connectivity index (χ1) is 16.3. The molecule has 1 heterocycles. The van der Waals surface area contributed by atoms with E-state index in [0.29, 0.717) is 21.8 Å². The maximum atomic E-state index is 13.3. The minimum atomic E-state index is -0.488. The Morgan fingerprint density at radius 1 is 0.971 bits per heavy atom. The van der Waals surface area contributed by atoms with Gasteiger partial charge in [0.15, 0.2) is 0 Å². The standard InChI is InChI=1S/C27H23N3O4/c1-18(2)26-24(27(32)29(28-26)22-11-13-23(14-12-22)30(33)34)17-21-16-20(10-15-25(21)31)9-8-19-6-4-3-5-7-19/h3-17,28,31H,1-2H3. The molecule has 0 aliphatic heterocycles. The lowest BCUT2D eigenvalue weighted by Gasteiger charge is -2.01. The topological polar surface area (TPSA) is 101 Å². The van der Waals surface area contributed by atoms with Crippen molar-refractivity contribution in [2.24, 2.45) is 0 Å². The van der Waals surface area contributed by atoms with E-state index >= 15 is 0 Å². The van der Waals surface area contributed by atoms with Gasteiger partial charge >= 0.3 is 0 Å². The van der Waals surface area contributed by atoms with Gasteiger partial charge in [-0.2, -0.15) is 0 Å². The summed E-state index contributed by atoms with van der Waals surface area (Å²) in [6.07, 6.45) is 5.57. The van der Waals surface area contributed by atoms with E-state index in [1.54, 1.807) is 18.2 Å². The minimum absolute atomic E-state index is 0.0547. The number of nitro groups is 1. The molecule has 0 aliphatic rings. The van der Waals surface area contributed by atoms with Crippen LogP contribution in [0.4, 0.5) is 5.69 Å². The SMILES string of the molecule is CC(C)=c1[nH]n(-c2ccc([N+](=O)[O-])cc2)c(=O)c1=Cc1cc(C=Cc2ccccc2)ccc1O. The molecule has 0 fully saturated rings. The second-order valence-corrected chi connectivity index (χ2v) is 8.02. The Morgan fingerprint density at radius 3 is 2.29 bits per heavy atom. The average molecular weight is 453 g/mol. The number of rotatable bonds is 5. The van der Waals surface area contributed by atoms with Crippen LogP contribution in [0.5, 0.6) is 5.75 Å². The van der Waals surface area contributed by atoms with E-state index in [4.69, 9.17) is 0 Å². The van der Waals surface area contributed by atoms with Gasteiger partial charge in [0.1, 0.15) is 5.75 Å². The first-order valence-electron chi connectivity index (χ1n) is 10.6. The zero-order valence-electron chi connectivity index (χ0n) is 18.7. The van der Waals surface area contributed by atoms with Gasteiger partial charge in [-0.05, 0) is 55.3 Å².